The fourth-order valence-electron chi connectivity index (χ4n) is 2.62. The normalized spacial score (nSPS) is 17.3. The maximum atomic E-state index is 6.03. The van der Waals surface area contributed by atoms with Crippen LogP contribution >= 0.6 is 0 Å². The molecule has 0 unspecified atom stereocenters. The summed E-state index contributed by atoms with van der Waals surface area (Å²) in [5, 5.41) is 0. The van der Waals surface area contributed by atoms with Gasteiger partial charge in [0, 0.05) is 36.5 Å². The topological polar surface area (TPSA) is 43.8 Å². The van der Waals surface area contributed by atoms with E-state index in [-0.39, 0.29) is 17.8 Å². The molecular weight excluding hydrogens is 303 g/mol. The van der Waals surface area contributed by atoms with Crippen molar-refractivity contribution in [2.45, 2.75) is 65.3 Å². The van der Waals surface area contributed by atoms with E-state index in [9.17, 15) is 0 Å². The minimum Gasteiger partial charge on any atom is -0.474 e. The lowest BCUT2D eigenvalue weighted by atomic mass is 9.78. The van der Waals surface area contributed by atoms with Crippen molar-refractivity contribution in [3.8, 4) is 5.88 Å². The quantitative estimate of drug-likeness (QED) is 0.748. The summed E-state index contributed by atoms with van der Waals surface area (Å²) >= 11 is 0. The van der Waals surface area contributed by atoms with Crippen LogP contribution in [-0.2, 0) is 9.31 Å². The van der Waals surface area contributed by atoms with Crippen LogP contribution in [0, 0.1) is 0 Å². The van der Waals surface area contributed by atoms with E-state index >= 15 is 0 Å². The van der Waals surface area contributed by atoms with Crippen molar-refractivity contribution in [1.29, 1.82) is 0 Å². The summed E-state index contributed by atoms with van der Waals surface area (Å²) < 4.78 is 17.9. The van der Waals surface area contributed by atoms with Crippen LogP contribution in [0.5, 0.6) is 5.88 Å². The number of aromatic nitrogens is 1. The molecule has 6 heteroatoms. The van der Waals surface area contributed by atoms with Crippen LogP contribution in [0.3, 0.4) is 0 Å². The van der Waals surface area contributed by atoms with Gasteiger partial charge < -0.3 is 18.9 Å². The van der Waals surface area contributed by atoms with Crippen LogP contribution in [0.15, 0.2) is 18.3 Å². The van der Waals surface area contributed by atoms with Gasteiger partial charge in [-0.1, -0.05) is 6.07 Å². The zero-order valence-corrected chi connectivity index (χ0v) is 15.9. The van der Waals surface area contributed by atoms with Gasteiger partial charge in [0.15, 0.2) is 0 Å². The third kappa shape index (κ3) is 6.42. The van der Waals surface area contributed by atoms with E-state index in [4.69, 9.17) is 14.0 Å². The lowest BCUT2D eigenvalue weighted by Gasteiger charge is -2.29. The van der Waals surface area contributed by atoms with Gasteiger partial charge in [-0.05, 0) is 60.6 Å². The molecular formula is C18H31BN2O3. The number of hydrogen-bond acceptors (Lipinski definition) is 5. The highest BCUT2D eigenvalue weighted by Gasteiger charge is 2.29. The molecule has 1 saturated heterocycles. The molecule has 0 aromatic carbocycles. The van der Waals surface area contributed by atoms with Crippen molar-refractivity contribution < 1.29 is 14.0 Å². The first kappa shape index (κ1) is 19.2. The fourth-order valence-corrected chi connectivity index (χ4v) is 2.62. The van der Waals surface area contributed by atoms with E-state index in [1.165, 1.54) is 0 Å². The Balaban J connectivity index is 1.99. The average molecular weight is 334 g/mol. The van der Waals surface area contributed by atoms with Crippen LogP contribution in [-0.4, -0.2) is 54.9 Å². The lowest BCUT2D eigenvalue weighted by Crippen LogP contribution is -2.44. The van der Waals surface area contributed by atoms with Gasteiger partial charge in [0.1, 0.15) is 6.10 Å². The molecule has 1 aromatic rings. The van der Waals surface area contributed by atoms with Crippen LogP contribution in [0.4, 0.5) is 0 Å². The highest BCUT2D eigenvalue weighted by atomic mass is 16.6. The van der Waals surface area contributed by atoms with Gasteiger partial charge in [-0.3, -0.25) is 0 Å². The van der Waals surface area contributed by atoms with Crippen molar-refractivity contribution in [2.75, 3.05) is 20.1 Å². The standard InChI is InChI=1S/C18H31BN2O3/c1-14(2)23-19(24-18(3,4)5)15-7-8-17(20-13-15)22-16-9-11-21(6)12-10-16/h7-8,13-14,16H,9-12H2,1-6H3. The molecule has 2 rings (SSSR count). The van der Waals surface area contributed by atoms with Gasteiger partial charge in [0.2, 0.25) is 5.88 Å². The molecule has 0 saturated carbocycles. The van der Waals surface area contributed by atoms with E-state index in [0.29, 0.717) is 5.88 Å². The average Bonchev–Trinajstić information content (AvgIpc) is 2.48. The van der Waals surface area contributed by atoms with Crippen molar-refractivity contribution in [3.05, 3.63) is 18.3 Å². The third-order valence-electron chi connectivity index (χ3n) is 3.84. The summed E-state index contributed by atoms with van der Waals surface area (Å²) in [6.45, 7) is 12.2. The molecule has 1 fully saturated rings. The number of nitrogens with zero attached hydrogens (tertiary/aromatic N) is 2. The van der Waals surface area contributed by atoms with E-state index in [0.717, 1.165) is 31.4 Å². The molecule has 1 aromatic heterocycles. The van der Waals surface area contributed by atoms with Crippen LogP contribution in [0.1, 0.15) is 47.5 Å². The molecule has 134 valence electrons. The Morgan fingerprint density at radius 1 is 1.21 bits per heavy atom. The highest BCUT2D eigenvalue weighted by Crippen LogP contribution is 2.16. The van der Waals surface area contributed by atoms with Crippen molar-refractivity contribution in [1.82, 2.24) is 9.88 Å². The second kappa shape index (κ2) is 8.32. The zero-order valence-electron chi connectivity index (χ0n) is 15.9. The SMILES string of the molecule is CC(C)OB(OC(C)(C)C)c1ccc(OC2CCN(C)CC2)nc1. The molecule has 0 aliphatic carbocycles. The molecule has 0 amide bonds. The van der Waals surface area contributed by atoms with Crippen LogP contribution < -0.4 is 10.2 Å². The van der Waals surface area contributed by atoms with Gasteiger partial charge in [-0.2, -0.15) is 0 Å². The second-order valence-corrected chi connectivity index (χ2v) is 7.80. The minimum absolute atomic E-state index is 0.0764. The van der Waals surface area contributed by atoms with Crippen LogP contribution in [0.2, 0.25) is 0 Å². The predicted molar refractivity (Wildman–Crippen MR) is 97.8 cm³/mol. The van der Waals surface area contributed by atoms with E-state index in [1.807, 2.05) is 46.8 Å². The van der Waals surface area contributed by atoms with Gasteiger partial charge >= 0.3 is 7.12 Å². The maximum Gasteiger partial charge on any atom is 0.496 e. The Morgan fingerprint density at radius 2 is 1.88 bits per heavy atom. The lowest BCUT2D eigenvalue weighted by molar-refractivity contribution is 0.0756. The first-order valence-electron chi connectivity index (χ1n) is 8.87. The summed E-state index contributed by atoms with van der Waals surface area (Å²) in [6, 6.07) is 3.90. The molecule has 0 atom stereocenters. The summed E-state index contributed by atoms with van der Waals surface area (Å²) in [5.74, 6) is 0.673. The van der Waals surface area contributed by atoms with Gasteiger partial charge in [-0.15, -0.1) is 0 Å². The van der Waals surface area contributed by atoms with E-state index in [2.05, 4.69) is 16.9 Å². The Labute approximate surface area is 146 Å². The molecule has 0 spiro atoms. The molecule has 2 heterocycles. The van der Waals surface area contributed by atoms with E-state index < -0.39 is 7.12 Å². The number of rotatable bonds is 6. The molecule has 0 N–H and O–H groups in total. The molecule has 1 aliphatic rings. The summed E-state index contributed by atoms with van der Waals surface area (Å²) in [5.41, 5.74) is 0.623. The van der Waals surface area contributed by atoms with Crippen LogP contribution in [0.25, 0.3) is 0 Å². The first-order chi connectivity index (χ1) is 11.2. The van der Waals surface area contributed by atoms with Gasteiger partial charge in [-0.25, -0.2) is 4.98 Å². The second-order valence-electron chi connectivity index (χ2n) is 7.80. The number of ether oxygens (including phenoxy) is 1. The molecule has 5 nitrogen and oxygen atoms in total. The van der Waals surface area contributed by atoms with Crippen molar-refractivity contribution in [2.24, 2.45) is 0 Å². The van der Waals surface area contributed by atoms with Gasteiger partial charge in [0.25, 0.3) is 0 Å². The highest BCUT2D eigenvalue weighted by molar-refractivity contribution is 6.61. The Bertz CT molecular complexity index is 494. The number of piperidine rings is 1. The Hall–Kier alpha value is -1.11. The monoisotopic (exact) mass is 334 g/mol. The minimum atomic E-state index is -0.421. The van der Waals surface area contributed by atoms with Crippen molar-refractivity contribution >= 4 is 12.6 Å². The molecule has 1 aliphatic heterocycles. The summed E-state index contributed by atoms with van der Waals surface area (Å²) in [6.07, 6.45) is 4.22. The zero-order chi connectivity index (χ0) is 17.7. The smallest absolute Gasteiger partial charge is 0.474 e. The first-order valence-corrected chi connectivity index (χ1v) is 8.87. The number of likely N-dealkylation sites (tertiary alicyclic amines) is 1. The Morgan fingerprint density at radius 3 is 2.38 bits per heavy atom. The number of hydrogen-bond donors (Lipinski definition) is 0. The van der Waals surface area contributed by atoms with Crippen molar-refractivity contribution in [3.63, 3.8) is 0 Å². The summed E-state index contributed by atoms with van der Waals surface area (Å²) in [4.78, 5) is 6.78. The van der Waals surface area contributed by atoms with E-state index in [1.54, 1.807) is 6.20 Å². The van der Waals surface area contributed by atoms with Gasteiger partial charge in [0.05, 0.1) is 0 Å². The Kier molecular flexibility index (Phi) is 6.66. The summed E-state index contributed by atoms with van der Waals surface area (Å²) in [7, 11) is 1.72. The largest absolute Gasteiger partial charge is 0.496 e. The predicted octanol–water partition coefficient (Wildman–Crippen LogP) is 2.49. The maximum absolute atomic E-state index is 6.03. The number of pyridine rings is 1. The molecule has 24 heavy (non-hydrogen) atoms. The molecule has 0 radical (unpaired) electrons. The third-order valence-corrected chi connectivity index (χ3v) is 3.84. The fraction of sp³-hybridized carbons (Fsp3) is 0.722. The molecule has 0 bridgehead atoms.